The second-order valence-corrected chi connectivity index (χ2v) is 7.10. The van der Waals surface area contributed by atoms with Gasteiger partial charge in [0.2, 0.25) is 0 Å². The topological polar surface area (TPSA) is 37.8 Å². The molecular weight excluding hydrogens is 266 g/mol. The van der Waals surface area contributed by atoms with Gasteiger partial charge in [0.15, 0.2) is 0 Å². The van der Waals surface area contributed by atoms with Crippen molar-refractivity contribution in [2.45, 2.75) is 53.1 Å². The first-order valence-corrected chi connectivity index (χ1v) is 7.88. The molecule has 1 N–H and O–H groups in total. The van der Waals surface area contributed by atoms with Crippen LogP contribution in [0, 0.1) is 6.92 Å². The molecule has 2 aromatic heterocycles. The normalized spacial score (nSPS) is 11.8. The number of hydrogen-bond acceptors (Lipinski definition) is 4. The Labute approximate surface area is 125 Å². The highest BCUT2D eigenvalue weighted by atomic mass is 32.1. The molecule has 0 saturated carbocycles. The monoisotopic (exact) mass is 289 g/mol. The highest BCUT2D eigenvalue weighted by Gasteiger charge is 2.16. The van der Waals surface area contributed by atoms with Gasteiger partial charge in [0.25, 0.3) is 0 Å². The Morgan fingerprint density at radius 3 is 2.65 bits per heavy atom. The smallest absolute Gasteiger partial charge is 0.142 e. The molecule has 0 aliphatic carbocycles. The lowest BCUT2D eigenvalue weighted by molar-refractivity contribution is 0.425. The number of nitrogens with one attached hydrogen (secondary N) is 1. The molecule has 0 aliphatic rings. The zero-order chi connectivity index (χ0) is 14.8. The van der Waals surface area contributed by atoms with E-state index in [0.717, 1.165) is 23.7 Å². The van der Waals surface area contributed by atoms with E-state index in [-0.39, 0.29) is 5.54 Å². The van der Waals surface area contributed by atoms with Gasteiger partial charge in [0.05, 0.1) is 5.69 Å². The first kappa shape index (κ1) is 15.1. The fourth-order valence-corrected chi connectivity index (χ4v) is 3.11. The van der Waals surface area contributed by atoms with Gasteiger partial charge in [-0.05, 0) is 45.7 Å². The third-order valence-corrected chi connectivity index (χ3v) is 4.21. The summed E-state index contributed by atoms with van der Waals surface area (Å²) in [5.41, 5.74) is 3.50. The molecule has 108 valence electrons. The average molecular weight is 289 g/mol. The molecule has 0 amide bonds. The van der Waals surface area contributed by atoms with E-state index in [1.165, 1.54) is 16.1 Å². The van der Waals surface area contributed by atoms with E-state index >= 15 is 0 Å². The summed E-state index contributed by atoms with van der Waals surface area (Å²) in [6.45, 7) is 11.7. The maximum Gasteiger partial charge on any atom is 0.142 e. The Kier molecular flexibility index (Phi) is 4.55. The van der Waals surface area contributed by atoms with Gasteiger partial charge in [-0.25, -0.2) is 4.98 Å². The highest BCUT2D eigenvalue weighted by Crippen LogP contribution is 2.29. The predicted molar refractivity (Wildman–Crippen MR) is 86.1 cm³/mol. The largest absolute Gasteiger partial charge is 0.307 e. The standard InChI is InChI=1S/C16H23N3S/c1-6-12-13(10-18-16(3,4)5)20-15(19-12)14-11(2)8-7-9-17-14/h7-9,18H,6,10H2,1-5H3. The first-order valence-electron chi connectivity index (χ1n) is 7.06. The van der Waals surface area contributed by atoms with Crippen molar-refractivity contribution in [3.05, 3.63) is 34.5 Å². The molecule has 0 fully saturated rings. The van der Waals surface area contributed by atoms with Gasteiger partial charge < -0.3 is 5.32 Å². The fourth-order valence-electron chi connectivity index (χ4n) is 1.95. The molecule has 0 bridgehead atoms. The molecule has 0 spiro atoms. The van der Waals surface area contributed by atoms with Crippen LogP contribution in [-0.4, -0.2) is 15.5 Å². The van der Waals surface area contributed by atoms with Crippen LogP contribution in [0.5, 0.6) is 0 Å². The Morgan fingerprint density at radius 1 is 1.30 bits per heavy atom. The lowest BCUT2D eigenvalue weighted by atomic mass is 10.1. The zero-order valence-corrected chi connectivity index (χ0v) is 13.8. The summed E-state index contributed by atoms with van der Waals surface area (Å²) in [6, 6.07) is 4.05. The second-order valence-electron chi connectivity index (χ2n) is 6.01. The molecule has 0 atom stereocenters. The van der Waals surface area contributed by atoms with Crippen LogP contribution in [0.15, 0.2) is 18.3 Å². The SMILES string of the molecule is CCc1nc(-c2ncccc2C)sc1CNC(C)(C)C. The van der Waals surface area contributed by atoms with Gasteiger partial charge >= 0.3 is 0 Å². The Hall–Kier alpha value is -1.26. The molecule has 2 aromatic rings. The summed E-state index contributed by atoms with van der Waals surface area (Å²) < 4.78 is 0. The van der Waals surface area contributed by atoms with Crippen LogP contribution >= 0.6 is 11.3 Å². The number of aromatic nitrogens is 2. The van der Waals surface area contributed by atoms with E-state index in [1.807, 2.05) is 12.3 Å². The molecular formula is C16H23N3S. The Morgan fingerprint density at radius 2 is 2.05 bits per heavy atom. The van der Waals surface area contributed by atoms with Gasteiger partial charge in [0, 0.05) is 23.2 Å². The van der Waals surface area contributed by atoms with E-state index in [2.05, 4.69) is 51.0 Å². The van der Waals surface area contributed by atoms with Crippen molar-refractivity contribution >= 4 is 11.3 Å². The van der Waals surface area contributed by atoms with Crippen LogP contribution < -0.4 is 5.32 Å². The molecule has 20 heavy (non-hydrogen) atoms. The Balaban J connectivity index is 2.29. The second kappa shape index (κ2) is 6.02. The zero-order valence-electron chi connectivity index (χ0n) is 12.9. The molecule has 2 rings (SSSR count). The van der Waals surface area contributed by atoms with E-state index < -0.39 is 0 Å². The summed E-state index contributed by atoms with van der Waals surface area (Å²) in [5.74, 6) is 0. The van der Waals surface area contributed by atoms with Crippen LogP contribution in [0.3, 0.4) is 0 Å². The van der Waals surface area contributed by atoms with E-state index in [1.54, 1.807) is 11.3 Å². The maximum atomic E-state index is 4.78. The average Bonchev–Trinajstić information content (AvgIpc) is 2.79. The summed E-state index contributed by atoms with van der Waals surface area (Å²) in [4.78, 5) is 10.6. The van der Waals surface area contributed by atoms with Crippen molar-refractivity contribution in [1.82, 2.24) is 15.3 Å². The maximum absolute atomic E-state index is 4.78. The van der Waals surface area contributed by atoms with Gasteiger partial charge in [-0.1, -0.05) is 13.0 Å². The van der Waals surface area contributed by atoms with Crippen molar-refractivity contribution in [1.29, 1.82) is 0 Å². The summed E-state index contributed by atoms with van der Waals surface area (Å²) in [7, 11) is 0. The van der Waals surface area contributed by atoms with E-state index in [9.17, 15) is 0 Å². The number of aryl methyl sites for hydroxylation is 2. The van der Waals surface area contributed by atoms with Crippen molar-refractivity contribution in [2.24, 2.45) is 0 Å². The van der Waals surface area contributed by atoms with Gasteiger partial charge in [-0.15, -0.1) is 11.3 Å². The third-order valence-electron chi connectivity index (χ3n) is 3.10. The molecule has 2 heterocycles. The molecule has 3 nitrogen and oxygen atoms in total. The van der Waals surface area contributed by atoms with Crippen molar-refractivity contribution < 1.29 is 0 Å². The van der Waals surface area contributed by atoms with Crippen LogP contribution in [0.25, 0.3) is 10.7 Å². The van der Waals surface area contributed by atoms with Gasteiger partial charge in [-0.3, -0.25) is 4.98 Å². The number of hydrogen-bond donors (Lipinski definition) is 1. The minimum absolute atomic E-state index is 0.121. The molecule has 4 heteroatoms. The van der Waals surface area contributed by atoms with Gasteiger partial charge in [-0.2, -0.15) is 0 Å². The van der Waals surface area contributed by atoms with Crippen LogP contribution in [0.4, 0.5) is 0 Å². The van der Waals surface area contributed by atoms with Crippen LogP contribution in [-0.2, 0) is 13.0 Å². The number of nitrogens with zero attached hydrogens (tertiary/aromatic N) is 2. The fraction of sp³-hybridized carbons (Fsp3) is 0.500. The lowest BCUT2D eigenvalue weighted by Crippen LogP contribution is -2.35. The Bertz CT molecular complexity index is 582. The third kappa shape index (κ3) is 3.64. The van der Waals surface area contributed by atoms with Gasteiger partial charge in [0.1, 0.15) is 10.7 Å². The summed E-state index contributed by atoms with van der Waals surface area (Å²) >= 11 is 1.76. The van der Waals surface area contributed by atoms with E-state index in [0.29, 0.717) is 0 Å². The number of pyridine rings is 1. The first-order chi connectivity index (χ1) is 9.40. The molecule has 0 aromatic carbocycles. The molecule has 0 unspecified atom stereocenters. The molecule has 0 radical (unpaired) electrons. The van der Waals surface area contributed by atoms with Crippen molar-refractivity contribution in [2.75, 3.05) is 0 Å². The minimum Gasteiger partial charge on any atom is -0.307 e. The summed E-state index contributed by atoms with van der Waals surface area (Å²) in [6.07, 6.45) is 2.80. The van der Waals surface area contributed by atoms with Crippen molar-refractivity contribution in [3.63, 3.8) is 0 Å². The molecule has 0 aliphatic heterocycles. The highest BCUT2D eigenvalue weighted by molar-refractivity contribution is 7.15. The van der Waals surface area contributed by atoms with Crippen LogP contribution in [0.2, 0.25) is 0 Å². The minimum atomic E-state index is 0.121. The van der Waals surface area contributed by atoms with Crippen molar-refractivity contribution in [3.8, 4) is 10.7 Å². The quantitative estimate of drug-likeness (QED) is 0.925. The summed E-state index contributed by atoms with van der Waals surface area (Å²) in [5, 5.41) is 4.58. The molecule has 0 saturated heterocycles. The van der Waals surface area contributed by atoms with Crippen LogP contribution in [0.1, 0.15) is 43.8 Å². The number of rotatable bonds is 4. The van der Waals surface area contributed by atoms with E-state index in [4.69, 9.17) is 4.98 Å². The number of thiazole rings is 1. The lowest BCUT2D eigenvalue weighted by Gasteiger charge is -2.20. The predicted octanol–water partition coefficient (Wildman–Crippen LogP) is 3.96.